The molecular weight excluding hydrogens is 278 g/mol. The van der Waals surface area contributed by atoms with E-state index in [1.807, 2.05) is 0 Å². The van der Waals surface area contributed by atoms with Gasteiger partial charge in [0.15, 0.2) is 11.6 Å². The van der Waals surface area contributed by atoms with E-state index in [0.29, 0.717) is 4.57 Å². The minimum Gasteiger partial charge on any atom is -0.297 e. The summed E-state index contributed by atoms with van der Waals surface area (Å²) in [5, 5.41) is -0.0921. The fourth-order valence-corrected chi connectivity index (χ4v) is 2.03. The van der Waals surface area contributed by atoms with Gasteiger partial charge < -0.3 is 0 Å². The van der Waals surface area contributed by atoms with Gasteiger partial charge in [-0.05, 0) is 18.6 Å². The van der Waals surface area contributed by atoms with E-state index >= 15 is 0 Å². The van der Waals surface area contributed by atoms with Crippen molar-refractivity contribution in [3.8, 4) is 5.69 Å². The Morgan fingerprint density at radius 2 is 2.00 bits per heavy atom. The molecule has 0 amide bonds. The van der Waals surface area contributed by atoms with Crippen LogP contribution in [0.2, 0.25) is 5.15 Å². The minimum absolute atomic E-state index is 0.0921. The van der Waals surface area contributed by atoms with Crippen LogP contribution in [0, 0.1) is 11.6 Å². The van der Waals surface area contributed by atoms with Crippen molar-refractivity contribution in [3.63, 3.8) is 0 Å². The van der Waals surface area contributed by atoms with Crippen molar-refractivity contribution in [1.29, 1.82) is 0 Å². The summed E-state index contributed by atoms with van der Waals surface area (Å²) in [4.78, 5) is 26.0. The van der Waals surface area contributed by atoms with Crippen LogP contribution in [0.15, 0.2) is 27.8 Å². The summed E-state index contributed by atoms with van der Waals surface area (Å²) < 4.78 is 27.4. The maximum absolute atomic E-state index is 13.7. The lowest BCUT2D eigenvalue weighted by Gasteiger charge is -2.08. The van der Waals surface area contributed by atoms with Crippen molar-refractivity contribution < 1.29 is 8.78 Å². The molecule has 100 valence electrons. The van der Waals surface area contributed by atoms with Crippen molar-refractivity contribution in [3.05, 3.63) is 61.4 Å². The van der Waals surface area contributed by atoms with E-state index < -0.39 is 28.6 Å². The second-order valence-electron chi connectivity index (χ2n) is 3.79. The molecule has 2 aromatic rings. The summed E-state index contributed by atoms with van der Waals surface area (Å²) in [7, 11) is 0. The molecule has 0 atom stereocenters. The first kappa shape index (κ1) is 13.5. The maximum atomic E-state index is 13.7. The molecule has 7 heteroatoms. The van der Waals surface area contributed by atoms with Crippen LogP contribution < -0.4 is 11.2 Å². The Morgan fingerprint density at radius 3 is 2.63 bits per heavy atom. The van der Waals surface area contributed by atoms with Crippen LogP contribution in [0.4, 0.5) is 8.78 Å². The maximum Gasteiger partial charge on any atom is 0.334 e. The smallest absolute Gasteiger partial charge is 0.297 e. The van der Waals surface area contributed by atoms with Crippen LogP contribution in [0.1, 0.15) is 12.5 Å². The Morgan fingerprint density at radius 1 is 1.32 bits per heavy atom. The van der Waals surface area contributed by atoms with E-state index in [0.717, 1.165) is 12.1 Å². The molecule has 19 heavy (non-hydrogen) atoms. The van der Waals surface area contributed by atoms with Gasteiger partial charge in [-0.15, -0.1) is 0 Å². The lowest BCUT2D eigenvalue weighted by molar-refractivity contribution is 0.502. The predicted octanol–water partition coefficient (Wildman–Crippen LogP) is 2.02. The molecule has 0 unspecified atom stereocenters. The third-order valence-electron chi connectivity index (χ3n) is 2.67. The molecule has 0 aliphatic rings. The van der Waals surface area contributed by atoms with E-state index in [1.165, 1.54) is 6.07 Å². The number of rotatable bonds is 2. The topological polar surface area (TPSA) is 54.9 Å². The molecule has 1 aromatic carbocycles. The van der Waals surface area contributed by atoms with Crippen LogP contribution in [0.5, 0.6) is 0 Å². The standard InChI is InChI=1S/C12H9ClF2N2O2/c1-2-6-10(13)16-12(19)17(11(6)18)8-5-3-4-7(14)9(8)15/h3-5H,2H2,1H3,(H,16,19). The number of halogens is 3. The fourth-order valence-electron chi connectivity index (χ4n) is 1.74. The molecule has 0 aliphatic heterocycles. The normalized spacial score (nSPS) is 10.7. The van der Waals surface area contributed by atoms with E-state index in [2.05, 4.69) is 4.98 Å². The average molecular weight is 287 g/mol. The third-order valence-corrected chi connectivity index (χ3v) is 2.99. The van der Waals surface area contributed by atoms with Crippen LogP contribution >= 0.6 is 11.6 Å². The Kier molecular flexibility index (Phi) is 3.53. The summed E-state index contributed by atoms with van der Waals surface area (Å²) in [6.45, 7) is 1.66. The Balaban J connectivity index is 2.88. The zero-order valence-electron chi connectivity index (χ0n) is 9.84. The SMILES string of the molecule is CCc1c(Cl)[nH]c(=O)n(-c2cccc(F)c2F)c1=O. The predicted molar refractivity (Wildman–Crippen MR) is 67.0 cm³/mol. The molecule has 0 bridgehead atoms. The summed E-state index contributed by atoms with van der Waals surface area (Å²) in [6, 6.07) is 3.25. The fraction of sp³-hybridized carbons (Fsp3) is 0.167. The number of H-pyrrole nitrogens is 1. The van der Waals surface area contributed by atoms with Crippen LogP contribution in [-0.2, 0) is 6.42 Å². The zero-order valence-corrected chi connectivity index (χ0v) is 10.6. The second kappa shape index (κ2) is 4.97. The van der Waals surface area contributed by atoms with Gasteiger partial charge in [-0.1, -0.05) is 24.6 Å². The molecule has 4 nitrogen and oxygen atoms in total. The molecule has 1 heterocycles. The van der Waals surface area contributed by atoms with Crippen molar-refractivity contribution in [2.45, 2.75) is 13.3 Å². The van der Waals surface area contributed by atoms with Gasteiger partial charge in [0, 0.05) is 0 Å². The van der Waals surface area contributed by atoms with Gasteiger partial charge in [-0.2, -0.15) is 0 Å². The summed E-state index contributed by atoms with van der Waals surface area (Å²) in [5.74, 6) is -2.41. The first-order chi connectivity index (χ1) is 8.97. The first-order valence-corrected chi connectivity index (χ1v) is 5.83. The average Bonchev–Trinajstić information content (AvgIpc) is 2.34. The minimum atomic E-state index is -1.26. The number of benzene rings is 1. The molecule has 0 radical (unpaired) electrons. The second-order valence-corrected chi connectivity index (χ2v) is 4.17. The molecular formula is C12H9ClF2N2O2. The van der Waals surface area contributed by atoms with Crippen molar-refractivity contribution >= 4 is 11.6 Å². The molecule has 1 aromatic heterocycles. The molecule has 0 aliphatic carbocycles. The lowest BCUT2D eigenvalue weighted by Crippen LogP contribution is -2.36. The Bertz CT molecular complexity index is 752. The van der Waals surface area contributed by atoms with E-state index in [-0.39, 0.29) is 17.1 Å². The lowest BCUT2D eigenvalue weighted by atomic mass is 10.2. The highest BCUT2D eigenvalue weighted by atomic mass is 35.5. The number of nitrogens with one attached hydrogen (secondary N) is 1. The molecule has 0 fully saturated rings. The van der Waals surface area contributed by atoms with E-state index in [1.54, 1.807) is 6.92 Å². The first-order valence-electron chi connectivity index (χ1n) is 5.45. The number of hydrogen-bond donors (Lipinski definition) is 1. The van der Waals surface area contributed by atoms with Gasteiger partial charge >= 0.3 is 5.69 Å². The molecule has 2 rings (SSSR count). The number of aromatic nitrogens is 2. The number of nitrogens with zero attached hydrogens (tertiary/aromatic N) is 1. The zero-order chi connectivity index (χ0) is 14.2. The Labute approximate surface area is 111 Å². The highest BCUT2D eigenvalue weighted by molar-refractivity contribution is 6.30. The van der Waals surface area contributed by atoms with Gasteiger partial charge in [-0.25, -0.2) is 18.1 Å². The largest absolute Gasteiger partial charge is 0.334 e. The summed E-state index contributed by atoms with van der Waals surface area (Å²) in [6.07, 6.45) is 0.255. The van der Waals surface area contributed by atoms with Gasteiger partial charge in [-0.3, -0.25) is 9.78 Å². The van der Waals surface area contributed by atoms with Crippen molar-refractivity contribution in [1.82, 2.24) is 9.55 Å². The highest BCUT2D eigenvalue weighted by Gasteiger charge is 2.17. The van der Waals surface area contributed by atoms with Gasteiger partial charge in [0.25, 0.3) is 5.56 Å². The molecule has 0 spiro atoms. The van der Waals surface area contributed by atoms with E-state index in [4.69, 9.17) is 11.6 Å². The van der Waals surface area contributed by atoms with Crippen molar-refractivity contribution in [2.75, 3.05) is 0 Å². The Hall–Kier alpha value is -1.95. The summed E-state index contributed by atoms with van der Waals surface area (Å²) >= 11 is 5.73. The quantitative estimate of drug-likeness (QED) is 0.859. The number of aromatic amines is 1. The monoisotopic (exact) mass is 286 g/mol. The van der Waals surface area contributed by atoms with Gasteiger partial charge in [0.05, 0.1) is 11.3 Å². The van der Waals surface area contributed by atoms with Crippen LogP contribution in [-0.4, -0.2) is 9.55 Å². The molecule has 1 N–H and O–H groups in total. The molecule has 0 saturated carbocycles. The van der Waals surface area contributed by atoms with Gasteiger partial charge in [0.1, 0.15) is 5.15 Å². The van der Waals surface area contributed by atoms with Crippen molar-refractivity contribution in [2.24, 2.45) is 0 Å². The number of hydrogen-bond acceptors (Lipinski definition) is 2. The summed E-state index contributed by atoms with van der Waals surface area (Å²) in [5.41, 5.74) is -2.00. The molecule has 0 saturated heterocycles. The van der Waals surface area contributed by atoms with E-state index in [9.17, 15) is 18.4 Å². The van der Waals surface area contributed by atoms with Crippen LogP contribution in [0.25, 0.3) is 5.69 Å². The third kappa shape index (κ3) is 2.19. The van der Waals surface area contributed by atoms with Gasteiger partial charge in [0.2, 0.25) is 0 Å². The highest BCUT2D eigenvalue weighted by Crippen LogP contribution is 2.14. The van der Waals surface area contributed by atoms with Crippen LogP contribution in [0.3, 0.4) is 0 Å².